The lowest BCUT2D eigenvalue weighted by Gasteiger charge is -2.25. The quantitative estimate of drug-likeness (QED) is 0.405. The van der Waals surface area contributed by atoms with Crippen LogP contribution in [0.4, 0.5) is 0 Å². The van der Waals surface area contributed by atoms with E-state index in [9.17, 15) is 0 Å². The van der Waals surface area contributed by atoms with Crippen LogP contribution in [-0.2, 0) is 22.4 Å². The average Bonchev–Trinajstić information content (AvgIpc) is 3.26. The molecule has 2 aliphatic heterocycles. The molecule has 0 radical (unpaired) electrons. The monoisotopic (exact) mass is 364 g/mol. The first-order valence-electron chi connectivity index (χ1n) is 9.85. The van der Waals surface area contributed by atoms with E-state index in [2.05, 4.69) is 32.6 Å². The molecule has 1 aromatic rings. The van der Waals surface area contributed by atoms with E-state index in [4.69, 9.17) is 9.47 Å². The number of aromatic nitrogens is 3. The first-order chi connectivity index (χ1) is 12.7. The van der Waals surface area contributed by atoms with E-state index in [0.717, 1.165) is 89.4 Å². The van der Waals surface area contributed by atoms with Crippen LogP contribution >= 0.6 is 0 Å². The van der Waals surface area contributed by atoms with Gasteiger partial charge in [-0.15, -0.1) is 0 Å². The van der Waals surface area contributed by atoms with Crippen LogP contribution in [0.25, 0.3) is 0 Å². The second-order valence-corrected chi connectivity index (χ2v) is 7.06. The highest BCUT2D eigenvalue weighted by Crippen LogP contribution is 2.13. The average molecular weight is 364 g/mol. The van der Waals surface area contributed by atoms with Crippen LogP contribution < -0.4 is 10.6 Å². The fraction of sp³-hybridized carbons (Fsp3) is 0.833. The standard InChI is InChI=1S/C18H32N6O2/c1-3-19-18(20-8-4-9-25-12-15-7-10-26-13-15)22-16-5-6-17-21-14(2)23-24(17)11-16/h15-16H,3-13H2,1-2H3,(H2,19,20,22). The van der Waals surface area contributed by atoms with E-state index in [1.54, 1.807) is 0 Å². The number of hydrogen-bond acceptors (Lipinski definition) is 5. The lowest BCUT2D eigenvalue weighted by atomic mass is 10.1. The maximum absolute atomic E-state index is 5.74. The Morgan fingerprint density at radius 1 is 1.42 bits per heavy atom. The Hall–Kier alpha value is -1.67. The highest BCUT2D eigenvalue weighted by Gasteiger charge is 2.21. The van der Waals surface area contributed by atoms with Crippen LogP contribution in [0.3, 0.4) is 0 Å². The minimum atomic E-state index is 0.333. The maximum atomic E-state index is 5.74. The number of rotatable bonds is 8. The molecule has 26 heavy (non-hydrogen) atoms. The zero-order chi connectivity index (χ0) is 18.2. The van der Waals surface area contributed by atoms with Gasteiger partial charge in [-0.05, 0) is 33.1 Å². The molecule has 0 spiro atoms. The number of fused-ring (bicyclic) bond motifs is 1. The van der Waals surface area contributed by atoms with E-state index in [1.165, 1.54) is 0 Å². The van der Waals surface area contributed by atoms with Gasteiger partial charge in [0.05, 0.1) is 19.8 Å². The first kappa shape index (κ1) is 19.1. The van der Waals surface area contributed by atoms with E-state index >= 15 is 0 Å². The molecule has 0 bridgehead atoms. The SMILES string of the molecule is CCNC(=NCCCOCC1CCOC1)NC1CCc2nc(C)nn2C1. The summed E-state index contributed by atoms with van der Waals surface area (Å²) in [6.07, 6.45) is 4.06. The summed E-state index contributed by atoms with van der Waals surface area (Å²) in [5.74, 6) is 3.40. The minimum Gasteiger partial charge on any atom is -0.381 e. The van der Waals surface area contributed by atoms with Crippen LogP contribution in [0.2, 0.25) is 0 Å². The first-order valence-corrected chi connectivity index (χ1v) is 9.85. The molecule has 2 N–H and O–H groups in total. The highest BCUT2D eigenvalue weighted by molar-refractivity contribution is 5.80. The molecule has 0 saturated carbocycles. The fourth-order valence-corrected chi connectivity index (χ4v) is 3.39. The Morgan fingerprint density at radius 2 is 2.35 bits per heavy atom. The van der Waals surface area contributed by atoms with Crippen molar-refractivity contribution in [1.29, 1.82) is 0 Å². The van der Waals surface area contributed by atoms with Gasteiger partial charge in [0.15, 0.2) is 5.96 Å². The number of ether oxygens (including phenoxy) is 2. The van der Waals surface area contributed by atoms with Gasteiger partial charge in [0, 0.05) is 44.7 Å². The lowest BCUT2D eigenvalue weighted by Crippen LogP contribution is -2.47. The summed E-state index contributed by atoms with van der Waals surface area (Å²) in [4.78, 5) is 9.15. The predicted octanol–water partition coefficient (Wildman–Crippen LogP) is 0.900. The molecule has 2 atom stereocenters. The molecule has 8 nitrogen and oxygen atoms in total. The molecule has 0 aliphatic carbocycles. The number of aryl methyl sites for hydroxylation is 2. The summed E-state index contributed by atoms with van der Waals surface area (Å²) in [5, 5.41) is 11.3. The normalized spacial score (nSPS) is 23.1. The Morgan fingerprint density at radius 3 is 3.15 bits per heavy atom. The molecule has 0 aromatic carbocycles. The van der Waals surface area contributed by atoms with Gasteiger partial charge < -0.3 is 20.1 Å². The van der Waals surface area contributed by atoms with Crippen molar-refractivity contribution >= 4 is 5.96 Å². The Labute approximate surface area is 155 Å². The van der Waals surface area contributed by atoms with Crippen molar-refractivity contribution in [2.24, 2.45) is 10.9 Å². The smallest absolute Gasteiger partial charge is 0.191 e. The Kier molecular flexibility index (Phi) is 7.25. The summed E-state index contributed by atoms with van der Waals surface area (Å²) in [6.45, 7) is 9.78. The van der Waals surface area contributed by atoms with Gasteiger partial charge in [0.2, 0.25) is 0 Å². The van der Waals surface area contributed by atoms with E-state index < -0.39 is 0 Å². The van der Waals surface area contributed by atoms with E-state index in [-0.39, 0.29) is 0 Å². The molecule has 2 aliphatic rings. The van der Waals surface area contributed by atoms with Crippen LogP contribution in [0, 0.1) is 12.8 Å². The minimum absolute atomic E-state index is 0.333. The van der Waals surface area contributed by atoms with E-state index in [1.807, 2.05) is 11.6 Å². The van der Waals surface area contributed by atoms with Gasteiger partial charge in [-0.1, -0.05) is 0 Å². The van der Waals surface area contributed by atoms with Crippen molar-refractivity contribution in [2.45, 2.75) is 52.1 Å². The van der Waals surface area contributed by atoms with Gasteiger partial charge in [0.25, 0.3) is 0 Å². The number of guanidine groups is 1. The maximum Gasteiger partial charge on any atom is 0.191 e. The molecule has 8 heteroatoms. The number of nitrogens with one attached hydrogen (secondary N) is 2. The molecule has 1 aromatic heterocycles. The van der Waals surface area contributed by atoms with Crippen molar-refractivity contribution in [2.75, 3.05) is 39.5 Å². The molecular weight excluding hydrogens is 332 g/mol. The van der Waals surface area contributed by atoms with Gasteiger partial charge >= 0.3 is 0 Å². The number of aliphatic imine (C=N–C) groups is 1. The zero-order valence-electron chi connectivity index (χ0n) is 16.0. The third-order valence-corrected chi connectivity index (χ3v) is 4.74. The summed E-state index contributed by atoms with van der Waals surface area (Å²) in [5.41, 5.74) is 0. The largest absolute Gasteiger partial charge is 0.381 e. The fourth-order valence-electron chi connectivity index (χ4n) is 3.39. The lowest BCUT2D eigenvalue weighted by molar-refractivity contribution is 0.0893. The molecule has 0 amide bonds. The number of nitrogens with zero attached hydrogens (tertiary/aromatic N) is 4. The third kappa shape index (κ3) is 5.67. The van der Waals surface area contributed by atoms with Gasteiger partial charge in [-0.3, -0.25) is 4.99 Å². The van der Waals surface area contributed by atoms with Crippen LogP contribution in [0.5, 0.6) is 0 Å². The third-order valence-electron chi connectivity index (χ3n) is 4.74. The molecule has 146 valence electrons. The number of hydrogen-bond donors (Lipinski definition) is 2. The van der Waals surface area contributed by atoms with Crippen molar-refractivity contribution in [1.82, 2.24) is 25.4 Å². The molecular formula is C18H32N6O2. The highest BCUT2D eigenvalue weighted by atomic mass is 16.5. The van der Waals surface area contributed by atoms with Gasteiger partial charge in [-0.25, -0.2) is 9.67 Å². The second-order valence-electron chi connectivity index (χ2n) is 7.06. The van der Waals surface area contributed by atoms with Gasteiger partial charge in [-0.2, -0.15) is 5.10 Å². The predicted molar refractivity (Wildman–Crippen MR) is 100 cm³/mol. The second kappa shape index (κ2) is 9.87. The summed E-state index contributed by atoms with van der Waals surface area (Å²) in [7, 11) is 0. The van der Waals surface area contributed by atoms with Gasteiger partial charge in [0.1, 0.15) is 11.6 Å². The zero-order valence-corrected chi connectivity index (χ0v) is 16.0. The summed E-state index contributed by atoms with van der Waals surface area (Å²) in [6, 6.07) is 0.333. The summed E-state index contributed by atoms with van der Waals surface area (Å²) < 4.78 is 13.1. The van der Waals surface area contributed by atoms with Crippen molar-refractivity contribution in [3.63, 3.8) is 0 Å². The molecule has 1 fully saturated rings. The Bertz CT molecular complexity index is 582. The van der Waals surface area contributed by atoms with Crippen molar-refractivity contribution in [3.8, 4) is 0 Å². The molecule has 3 rings (SSSR count). The topological polar surface area (TPSA) is 85.6 Å². The van der Waals surface area contributed by atoms with Crippen molar-refractivity contribution in [3.05, 3.63) is 11.6 Å². The molecule has 1 saturated heterocycles. The molecule has 3 heterocycles. The molecule has 2 unspecified atom stereocenters. The Balaban J connectivity index is 1.38. The van der Waals surface area contributed by atoms with Crippen LogP contribution in [0.15, 0.2) is 4.99 Å². The summed E-state index contributed by atoms with van der Waals surface area (Å²) >= 11 is 0. The van der Waals surface area contributed by atoms with Crippen LogP contribution in [-0.4, -0.2) is 66.3 Å². The van der Waals surface area contributed by atoms with Crippen molar-refractivity contribution < 1.29 is 9.47 Å². The van der Waals surface area contributed by atoms with Crippen LogP contribution in [0.1, 0.15) is 37.8 Å². The van der Waals surface area contributed by atoms with E-state index in [0.29, 0.717) is 12.0 Å².